The summed E-state index contributed by atoms with van der Waals surface area (Å²) in [6, 6.07) is -0.331. The number of amides is 1. The molecule has 1 heterocycles. The Labute approximate surface area is 91.4 Å². The van der Waals surface area contributed by atoms with E-state index in [-0.39, 0.29) is 18.6 Å². The normalized spacial score (nSPS) is 23.1. The lowest BCUT2D eigenvalue weighted by Crippen LogP contribution is -2.42. The van der Waals surface area contributed by atoms with Crippen molar-refractivity contribution in [1.29, 1.82) is 0 Å². The van der Waals surface area contributed by atoms with Gasteiger partial charge in [-0.05, 0) is 25.2 Å². The van der Waals surface area contributed by atoms with Crippen molar-refractivity contribution in [2.75, 3.05) is 19.7 Å². The molecule has 1 amide bonds. The number of aliphatic hydroxyl groups excluding tert-OH is 1. The molecule has 1 aliphatic heterocycles. The maximum atomic E-state index is 11.8. The van der Waals surface area contributed by atoms with E-state index in [9.17, 15) is 4.79 Å². The number of nitrogens with two attached hydrogens (primary N) is 1. The van der Waals surface area contributed by atoms with Crippen LogP contribution in [0.1, 0.15) is 32.6 Å². The predicted molar refractivity (Wildman–Crippen MR) is 59.3 cm³/mol. The number of carbonyl (C=O) groups is 1. The van der Waals surface area contributed by atoms with Crippen LogP contribution in [0.2, 0.25) is 0 Å². The Morgan fingerprint density at radius 3 is 3.00 bits per heavy atom. The van der Waals surface area contributed by atoms with Gasteiger partial charge in [0.1, 0.15) is 0 Å². The van der Waals surface area contributed by atoms with Crippen LogP contribution in [-0.4, -0.2) is 41.7 Å². The van der Waals surface area contributed by atoms with Crippen molar-refractivity contribution in [3.8, 4) is 0 Å². The largest absolute Gasteiger partial charge is 0.396 e. The molecule has 1 fully saturated rings. The van der Waals surface area contributed by atoms with E-state index in [4.69, 9.17) is 10.8 Å². The molecule has 0 aromatic carbocycles. The van der Waals surface area contributed by atoms with Crippen molar-refractivity contribution in [2.24, 2.45) is 11.7 Å². The molecule has 0 bridgehead atoms. The first-order chi connectivity index (χ1) is 7.19. The van der Waals surface area contributed by atoms with Crippen LogP contribution in [0.4, 0.5) is 0 Å². The number of rotatable bonds is 5. The highest BCUT2D eigenvalue weighted by molar-refractivity contribution is 5.81. The van der Waals surface area contributed by atoms with Gasteiger partial charge in [-0.25, -0.2) is 0 Å². The standard InChI is InChI=1S/C11H22N2O2/c1-2-3-10(12)11(15)13-6-4-9(8-13)5-7-14/h9-10,14H,2-8,12H2,1H3. The van der Waals surface area contributed by atoms with Crippen LogP contribution in [0.25, 0.3) is 0 Å². The lowest BCUT2D eigenvalue weighted by molar-refractivity contribution is -0.131. The monoisotopic (exact) mass is 214 g/mol. The van der Waals surface area contributed by atoms with Crippen LogP contribution in [-0.2, 0) is 4.79 Å². The zero-order valence-electron chi connectivity index (χ0n) is 9.48. The lowest BCUT2D eigenvalue weighted by Gasteiger charge is -2.20. The Bertz CT molecular complexity index is 209. The number of aliphatic hydroxyl groups is 1. The van der Waals surface area contributed by atoms with E-state index in [1.54, 1.807) is 0 Å². The van der Waals surface area contributed by atoms with Crippen LogP contribution < -0.4 is 5.73 Å². The molecule has 0 aliphatic carbocycles. The summed E-state index contributed by atoms with van der Waals surface area (Å²) in [4.78, 5) is 13.7. The van der Waals surface area contributed by atoms with Gasteiger partial charge in [0.05, 0.1) is 6.04 Å². The molecule has 4 heteroatoms. The van der Waals surface area contributed by atoms with Crippen molar-refractivity contribution in [3.05, 3.63) is 0 Å². The molecular weight excluding hydrogens is 192 g/mol. The fourth-order valence-electron chi connectivity index (χ4n) is 2.12. The summed E-state index contributed by atoms with van der Waals surface area (Å²) in [5, 5.41) is 8.82. The Balaban J connectivity index is 2.35. The highest BCUT2D eigenvalue weighted by Gasteiger charge is 2.28. The Hall–Kier alpha value is -0.610. The molecule has 0 aromatic heterocycles. The first-order valence-corrected chi connectivity index (χ1v) is 5.84. The van der Waals surface area contributed by atoms with Gasteiger partial charge < -0.3 is 15.7 Å². The minimum atomic E-state index is -0.331. The van der Waals surface area contributed by atoms with E-state index < -0.39 is 0 Å². The summed E-state index contributed by atoms with van der Waals surface area (Å²) >= 11 is 0. The molecule has 1 saturated heterocycles. The number of nitrogens with zero attached hydrogens (tertiary/aromatic N) is 1. The van der Waals surface area contributed by atoms with Crippen molar-refractivity contribution in [3.63, 3.8) is 0 Å². The quantitative estimate of drug-likeness (QED) is 0.693. The third-order valence-electron chi connectivity index (χ3n) is 3.05. The summed E-state index contributed by atoms with van der Waals surface area (Å²) in [6.45, 7) is 3.83. The zero-order chi connectivity index (χ0) is 11.3. The van der Waals surface area contributed by atoms with Crippen LogP contribution in [0.5, 0.6) is 0 Å². The van der Waals surface area contributed by atoms with Gasteiger partial charge in [0.15, 0.2) is 0 Å². The number of hydrogen-bond donors (Lipinski definition) is 2. The molecule has 88 valence electrons. The summed E-state index contributed by atoms with van der Waals surface area (Å²) in [6.07, 6.45) is 3.51. The highest BCUT2D eigenvalue weighted by atomic mass is 16.3. The molecule has 2 atom stereocenters. The van der Waals surface area contributed by atoms with Gasteiger partial charge in [0.2, 0.25) is 5.91 Å². The fourth-order valence-corrected chi connectivity index (χ4v) is 2.12. The average molecular weight is 214 g/mol. The summed E-state index contributed by atoms with van der Waals surface area (Å²) < 4.78 is 0. The van der Waals surface area contributed by atoms with E-state index in [0.717, 1.165) is 38.8 Å². The molecule has 0 saturated carbocycles. The van der Waals surface area contributed by atoms with E-state index >= 15 is 0 Å². The van der Waals surface area contributed by atoms with Crippen molar-refractivity contribution in [1.82, 2.24) is 4.90 Å². The van der Waals surface area contributed by atoms with Crippen molar-refractivity contribution >= 4 is 5.91 Å². The summed E-state index contributed by atoms with van der Waals surface area (Å²) in [5.74, 6) is 0.546. The lowest BCUT2D eigenvalue weighted by atomic mass is 10.1. The topological polar surface area (TPSA) is 66.6 Å². The van der Waals surface area contributed by atoms with Gasteiger partial charge in [-0.1, -0.05) is 13.3 Å². The number of hydrogen-bond acceptors (Lipinski definition) is 3. The molecule has 1 aliphatic rings. The van der Waals surface area contributed by atoms with Gasteiger partial charge >= 0.3 is 0 Å². The predicted octanol–water partition coefficient (Wildman–Crippen LogP) is 0.345. The van der Waals surface area contributed by atoms with E-state index in [2.05, 4.69) is 0 Å². The van der Waals surface area contributed by atoms with E-state index in [1.165, 1.54) is 0 Å². The number of carbonyl (C=O) groups excluding carboxylic acids is 1. The van der Waals surface area contributed by atoms with E-state index in [1.807, 2.05) is 11.8 Å². The van der Waals surface area contributed by atoms with Crippen LogP contribution in [0.15, 0.2) is 0 Å². The van der Waals surface area contributed by atoms with Crippen molar-refractivity contribution < 1.29 is 9.90 Å². The second-order valence-electron chi connectivity index (χ2n) is 4.35. The second-order valence-corrected chi connectivity index (χ2v) is 4.35. The van der Waals surface area contributed by atoms with Crippen molar-refractivity contribution in [2.45, 2.75) is 38.6 Å². The maximum Gasteiger partial charge on any atom is 0.239 e. The van der Waals surface area contributed by atoms with Crippen LogP contribution >= 0.6 is 0 Å². The van der Waals surface area contributed by atoms with E-state index in [0.29, 0.717) is 5.92 Å². The molecular formula is C11H22N2O2. The highest BCUT2D eigenvalue weighted by Crippen LogP contribution is 2.19. The molecule has 3 N–H and O–H groups in total. The fraction of sp³-hybridized carbons (Fsp3) is 0.909. The SMILES string of the molecule is CCCC(N)C(=O)N1CCC(CCO)C1. The van der Waals surface area contributed by atoms with Gasteiger partial charge in [-0.2, -0.15) is 0 Å². The summed E-state index contributed by atoms with van der Waals surface area (Å²) in [7, 11) is 0. The minimum absolute atomic E-state index is 0.0808. The molecule has 2 unspecified atom stereocenters. The second kappa shape index (κ2) is 6.08. The van der Waals surface area contributed by atoms with Crippen LogP contribution in [0, 0.1) is 5.92 Å². The maximum absolute atomic E-state index is 11.8. The molecule has 0 spiro atoms. The Kier molecular flexibility index (Phi) is 5.05. The van der Waals surface area contributed by atoms with Gasteiger partial charge in [0, 0.05) is 19.7 Å². The summed E-state index contributed by atoms with van der Waals surface area (Å²) in [5.41, 5.74) is 5.79. The Morgan fingerprint density at radius 2 is 2.40 bits per heavy atom. The third kappa shape index (κ3) is 3.47. The molecule has 0 aromatic rings. The van der Waals surface area contributed by atoms with Crippen LogP contribution in [0.3, 0.4) is 0 Å². The Morgan fingerprint density at radius 1 is 1.67 bits per heavy atom. The van der Waals surface area contributed by atoms with Gasteiger partial charge in [-0.15, -0.1) is 0 Å². The first-order valence-electron chi connectivity index (χ1n) is 5.84. The first kappa shape index (κ1) is 12.5. The molecule has 0 radical (unpaired) electrons. The number of likely N-dealkylation sites (tertiary alicyclic amines) is 1. The average Bonchev–Trinajstić information content (AvgIpc) is 2.66. The molecule has 1 rings (SSSR count). The molecule has 4 nitrogen and oxygen atoms in total. The zero-order valence-corrected chi connectivity index (χ0v) is 9.48. The minimum Gasteiger partial charge on any atom is -0.396 e. The van der Waals surface area contributed by atoms with Gasteiger partial charge in [-0.3, -0.25) is 4.79 Å². The van der Waals surface area contributed by atoms with Gasteiger partial charge in [0.25, 0.3) is 0 Å². The smallest absolute Gasteiger partial charge is 0.239 e. The third-order valence-corrected chi connectivity index (χ3v) is 3.05. The molecule has 15 heavy (non-hydrogen) atoms.